The lowest BCUT2D eigenvalue weighted by Gasteiger charge is -2.49. The number of thioether (sulfide) groups is 1. The molecule has 3 atom stereocenters. The Bertz CT molecular complexity index is 1130. The van der Waals surface area contributed by atoms with E-state index in [2.05, 4.69) is 15.5 Å². The highest BCUT2D eigenvalue weighted by atomic mass is 32.2. The SMILES string of the molecule is COC/C=C\C1=C(C(=O)OC(C)OC(C)=O)N2C(=O)[C@@H](NC(=O)/C(=N\OC)c3csc(N)n3)[C@@H]2SC1. The standard InChI is InChI=1S/C21H25N5O8S2/c1-10(27)33-11(2)34-20(30)16-12(6-5-7-31-3)8-35-19-15(18(29)26(16)19)24-17(28)14(25-32-4)13-9-36-21(22)23-13/h5-6,9,11,15,19H,7-8H2,1-4H3,(H2,22,23)(H,24,28)/b6-5-,25-14-/t11?,15-,19+/m1/s1. The molecule has 194 valence electrons. The van der Waals surface area contributed by atoms with Crippen molar-refractivity contribution in [2.45, 2.75) is 31.6 Å². The first-order valence-corrected chi connectivity index (χ1v) is 12.5. The fraction of sp³-hybridized carbons (Fsp3) is 0.429. The highest BCUT2D eigenvalue weighted by Gasteiger charge is 2.54. The Hall–Kier alpha value is -3.43. The van der Waals surface area contributed by atoms with Crippen molar-refractivity contribution in [1.82, 2.24) is 15.2 Å². The Morgan fingerprint density at radius 2 is 2.11 bits per heavy atom. The van der Waals surface area contributed by atoms with Crippen molar-refractivity contribution in [3.05, 3.63) is 34.5 Å². The maximum absolute atomic E-state index is 13.1. The molecule has 3 rings (SSSR count). The number of methoxy groups -OCH3 is 1. The van der Waals surface area contributed by atoms with Crippen LogP contribution < -0.4 is 11.1 Å². The Morgan fingerprint density at radius 1 is 1.36 bits per heavy atom. The summed E-state index contributed by atoms with van der Waals surface area (Å²) in [6, 6.07) is -0.946. The van der Waals surface area contributed by atoms with E-state index in [1.54, 1.807) is 12.2 Å². The summed E-state index contributed by atoms with van der Waals surface area (Å²) in [6.45, 7) is 2.86. The molecule has 2 aliphatic heterocycles. The fourth-order valence-corrected chi connectivity index (χ4v) is 5.28. The zero-order valence-corrected chi connectivity index (χ0v) is 21.5. The second kappa shape index (κ2) is 12.0. The van der Waals surface area contributed by atoms with Gasteiger partial charge >= 0.3 is 11.9 Å². The Kier molecular flexibility index (Phi) is 9.06. The van der Waals surface area contributed by atoms with Gasteiger partial charge in [0.1, 0.15) is 29.9 Å². The summed E-state index contributed by atoms with van der Waals surface area (Å²) >= 11 is 2.47. The van der Waals surface area contributed by atoms with Crippen LogP contribution in [0.4, 0.5) is 5.13 Å². The number of fused-ring (bicyclic) bond motifs is 1. The van der Waals surface area contributed by atoms with Crippen molar-refractivity contribution in [3.8, 4) is 0 Å². The lowest BCUT2D eigenvalue weighted by Crippen LogP contribution is -2.71. The van der Waals surface area contributed by atoms with Gasteiger partial charge in [-0.15, -0.1) is 23.1 Å². The molecule has 3 N–H and O–H groups in total. The van der Waals surface area contributed by atoms with Gasteiger partial charge in [0.25, 0.3) is 11.8 Å². The second-order valence-electron chi connectivity index (χ2n) is 7.37. The predicted molar refractivity (Wildman–Crippen MR) is 130 cm³/mol. The zero-order valence-electron chi connectivity index (χ0n) is 19.9. The van der Waals surface area contributed by atoms with Crippen LogP contribution in [0.5, 0.6) is 0 Å². The number of anilines is 1. The quantitative estimate of drug-likeness (QED) is 0.138. The number of aromatic nitrogens is 1. The van der Waals surface area contributed by atoms with Crippen molar-refractivity contribution >= 4 is 57.7 Å². The minimum absolute atomic E-state index is 0.00124. The third kappa shape index (κ3) is 6.03. The van der Waals surface area contributed by atoms with Crippen LogP contribution in [0.25, 0.3) is 0 Å². The highest BCUT2D eigenvalue weighted by Crippen LogP contribution is 2.41. The zero-order chi connectivity index (χ0) is 26.4. The van der Waals surface area contributed by atoms with Crippen molar-refractivity contribution < 1.29 is 38.2 Å². The summed E-state index contributed by atoms with van der Waals surface area (Å²) in [6.07, 6.45) is 2.19. The molecule has 2 aliphatic rings. The monoisotopic (exact) mass is 539 g/mol. The van der Waals surface area contributed by atoms with Gasteiger partial charge in [-0.1, -0.05) is 17.3 Å². The Balaban J connectivity index is 1.82. The first-order chi connectivity index (χ1) is 17.2. The molecule has 15 heteroatoms. The molecule has 1 aromatic heterocycles. The van der Waals surface area contributed by atoms with Gasteiger partial charge in [0.15, 0.2) is 10.8 Å². The lowest BCUT2D eigenvalue weighted by molar-refractivity contribution is -0.182. The minimum atomic E-state index is -1.16. The number of amides is 2. The number of nitrogens with two attached hydrogens (primary N) is 1. The molecule has 13 nitrogen and oxygen atoms in total. The summed E-state index contributed by atoms with van der Waals surface area (Å²) in [5.74, 6) is -2.35. The summed E-state index contributed by atoms with van der Waals surface area (Å²) in [4.78, 5) is 60.3. The van der Waals surface area contributed by atoms with E-state index in [9.17, 15) is 19.2 Å². The van der Waals surface area contributed by atoms with E-state index >= 15 is 0 Å². The second-order valence-corrected chi connectivity index (χ2v) is 9.36. The number of esters is 2. The van der Waals surface area contributed by atoms with Gasteiger partial charge in [0.05, 0.1) is 6.61 Å². The average molecular weight is 540 g/mol. The van der Waals surface area contributed by atoms with Crippen molar-refractivity contribution in [2.24, 2.45) is 5.16 Å². The number of β-lactam (4-membered cyclic amide) rings is 1. The van der Waals surface area contributed by atoms with Crippen molar-refractivity contribution in [1.29, 1.82) is 0 Å². The summed E-state index contributed by atoms with van der Waals surface area (Å²) < 4.78 is 15.1. The Labute approximate surface area is 214 Å². The highest BCUT2D eigenvalue weighted by molar-refractivity contribution is 8.00. The fourth-order valence-electron chi connectivity index (χ4n) is 3.41. The number of rotatable bonds is 10. The minimum Gasteiger partial charge on any atom is -0.426 e. The molecular formula is C21H25N5O8S2. The third-order valence-corrected chi connectivity index (χ3v) is 6.80. The molecule has 1 aromatic rings. The predicted octanol–water partition coefficient (Wildman–Crippen LogP) is 0.385. The molecule has 2 amide bonds. The summed E-state index contributed by atoms with van der Waals surface area (Å²) in [7, 11) is 2.79. The largest absolute Gasteiger partial charge is 0.426 e. The third-order valence-electron chi connectivity index (χ3n) is 4.83. The number of nitrogens with zero attached hydrogens (tertiary/aromatic N) is 3. The number of oxime groups is 1. The van der Waals surface area contributed by atoms with Gasteiger partial charge < -0.3 is 30.1 Å². The van der Waals surface area contributed by atoms with Gasteiger partial charge in [0, 0.05) is 32.1 Å². The van der Waals surface area contributed by atoms with Crippen LogP contribution >= 0.6 is 23.1 Å². The van der Waals surface area contributed by atoms with E-state index in [1.807, 2.05) is 0 Å². The van der Waals surface area contributed by atoms with E-state index in [0.29, 0.717) is 17.9 Å². The molecule has 36 heavy (non-hydrogen) atoms. The number of carbonyl (C=O) groups excluding carboxylic acids is 4. The number of nitrogen functional groups attached to an aromatic ring is 1. The van der Waals surface area contributed by atoms with Gasteiger partial charge in [0.2, 0.25) is 6.29 Å². The summed E-state index contributed by atoms with van der Waals surface area (Å²) in [5.41, 5.74) is 6.22. The molecule has 0 aromatic carbocycles. The van der Waals surface area contributed by atoms with Crippen LogP contribution in [-0.2, 0) is 38.2 Å². The Morgan fingerprint density at radius 3 is 2.72 bits per heavy atom. The smallest absolute Gasteiger partial charge is 0.358 e. The molecule has 0 radical (unpaired) electrons. The molecule has 0 spiro atoms. The van der Waals surface area contributed by atoms with Crippen LogP contribution in [0.2, 0.25) is 0 Å². The van der Waals surface area contributed by atoms with E-state index in [4.69, 9.17) is 24.8 Å². The van der Waals surface area contributed by atoms with Gasteiger partial charge in [-0.3, -0.25) is 19.3 Å². The number of nitrogens with one attached hydrogen (secondary N) is 1. The maximum Gasteiger partial charge on any atom is 0.358 e. The number of hydrogen-bond donors (Lipinski definition) is 2. The number of ether oxygens (including phenoxy) is 3. The van der Waals surface area contributed by atoms with Crippen LogP contribution in [0.1, 0.15) is 19.5 Å². The first kappa shape index (κ1) is 27.2. The molecule has 1 fully saturated rings. The van der Waals surface area contributed by atoms with E-state index in [-0.39, 0.29) is 22.2 Å². The van der Waals surface area contributed by atoms with Crippen LogP contribution in [0.3, 0.4) is 0 Å². The van der Waals surface area contributed by atoms with Crippen molar-refractivity contribution in [2.75, 3.05) is 32.3 Å². The van der Waals surface area contributed by atoms with Crippen molar-refractivity contribution in [3.63, 3.8) is 0 Å². The number of allylic oxidation sites excluding steroid dienone is 1. The molecule has 1 saturated heterocycles. The van der Waals surface area contributed by atoms with Gasteiger partial charge in [-0.25, -0.2) is 9.78 Å². The average Bonchev–Trinajstić information content (AvgIpc) is 3.25. The van der Waals surface area contributed by atoms with Gasteiger partial charge in [-0.2, -0.15) is 0 Å². The molecule has 0 saturated carbocycles. The van der Waals surface area contributed by atoms with Crippen LogP contribution in [-0.4, -0.2) is 83.6 Å². The topological polar surface area (TPSA) is 172 Å². The van der Waals surface area contributed by atoms with Crippen LogP contribution in [0, 0.1) is 0 Å². The number of hydrogen-bond acceptors (Lipinski definition) is 13. The van der Waals surface area contributed by atoms with Gasteiger partial charge in [-0.05, 0) is 5.57 Å². The number of carbonyl (C=O) groups is 4. The normalized spacial score (nSPS) is 20.5. The molecule has 0 bridgehead atoms. The molecule has 3 heterocycles. The van der Waals surface area contributed by atoms with Crippen LogP contribution in [0.15, 0.2) is 34.0 Å². The number of thiazole rings is 1. The lowest BCUT2D eigenvalue weighted by atomic mass is 10.0. The summed E-state index contributed by atoms with van der Waals surface area (Å²) in [5, 5.41) is 7.54. The van der Waals surface area contributed by atoms with E-state index in [0.717, 1.165) is 11.3 Å². The molecular weight excluding hydrogens is 514 g/mol. The molecule has 1 unspecified atom stereocenters. The van der Waals surface area contributed by atoms with E-state index < -0.39 is 41.5 Å². The van der Waals surface area contributed by atoms with E-state index in [1.165, 1.54) is 50.1 Å². The maximum atomic E-state index is 13.1. The first-order valence-electron chi connectivity index (χ1n) is 10.5. The molecule has 0 aliphatic carbocycles.